The Balaban J connectivity index is 2.09. The van der Waals surface area contributed by atoms with Crippen LogP contribution in [0.3, 0.4) is 0 Å². The maximum Gasteiger partial charge on any atom is 0.325 e. The molecule has 0 radical (unpaired) electrons. The first kappa shape index (κ1) is 19.0. The number of methoxy groups -OCH3 is 1. The number of amides is 2. The number of likely N-dealkylation sites (tertiary alicyclic amines) is 1. The number of rotatable bonds is 5. The number of aryl methyl sites for hydroxylation is 1. The molecule has 0 unspecified atom stereocenters. The molecular weight excluding hydrogens is 320 g/mol. The summed E-state index contributed by atoms with van der Waals surface area (Å²) in [5.74, 6) is -0.596. The quantitative estimate of drug-likeness (QED) is 0.762. The molecular formula is C19H26N2O4. The summed E-state index contributed by atoms with van der Waals surface area (Å²) in [5.41, 5.74) is 2.09. The Labute approximate surface area is 148 Å². The van der Waals surface area contributed by atoms with E-state index in [9.17, 15) is 14.4 Å². The predicted molar refractivity (Wildman–Crippen MR) is 93.6 cm³/mol. The highest BCUT2D eigenvalue weighted by molar-refractivity contribution is 5.84. The van der Waals surface area contributed by atoms with Gasteiger partial charge in [-0.25, -0.2) is 0 Å². The zero-order valence-electron chi connectivity index (χ0n) is 15.2. The van der Waals surface area contributed by atoms with Gasteiger partial charge in [0, 0.05) is 32.5 Å². The Morgan fingerprint density at radius 1 is 1.20 bits per heavy atom. The molecule has 1 saturated heterocycles. The Morgan fingerprint density at radius 3 is 2.40 bits per heavy atom. The Morgan fingerprint density at radius 2 is 1.84 bits per heavy atom. The maximum absolute atomic E-state index is 13.0. The van der Waals surface area contributed by atoms with E-state index in [2.05, 4.69) is 0 Å². The first-order valence-electron chi connectivity index (χ1n) is 8.58. The van der Waals surface area contributed by atoms with Crippen LogP contribution in [0.2, 0.25) is 0 Å². The molecule has 1 fully saturated rings. The van der Waals surface area contributed by atoms with Crippen LogP contribution in [0.4, 0.5) is 0 Å². The minimum absolute atomic E-state index is 0.0391. The van der Waals surface area contributed by atoms with Crippen molar-refractivity contribution in [3.05, 3.63) is 35.4 Å². The standard InChI is InChI=1S/C19H26N2O4/c1-14-6-4-5-7-17(14)12-21(13-18(23)25-3)19(24)16-8-10-20(11-9-16)15(2)22/h4-7,16H,8-13H2,1-3H3. The molecule has 6 heteroatoms. The molecule has 0 N–H and O–H groups in total. The highest BCUT2D eigenvalue weighted by Gasteiger charge is 2.30. The molecule has 1 aromatic rings. The van der Waals surface area contributed by atoms with E-state index < -0.39 is 5.97 Å². The zero-order valence-corrected chi connectivity index (χ0v) is 15.2. The smallest absolute Gasteiger partial charge is 0.325 e. The molecule has 0 aromatic heterocycles. The molecule has 6 nitrogen and oxygen atoms in total. The van der Waals surface area contributed by atoms with Crippen LogP contribution in [0.25, 0.3) is 0 Å². The van der Waals surface area contributed by atoms with Crippen molar-refractivity contribution >= 4 is 17.8 Å². The highest BCUT2D eigenvalue weighted by Crippen LogP contribution is 2.21. The van der Waals surface area contributed by atoms with Gasteiger partial charge in [0.1, 0.15) is 6.54 Å². The number of nitrogens with zero attached hydrogens (tertiary/aromatic N) is 2. The molecule has 1 aromatic carbocycles. The molecule has 1 aliphatic heterocycles. The van der Waals surface area contributed by atoms with Gasteiger partial charge >= 0.3 is 5.97 Å². The van der Waals surface area contributed by atoms with Gasteiger partial charge in [-0.1, -0.05) is 24.3 Å². The number of esters is 1. The predicted octanol–water partition coefficient (Wildman–Crippen LogP) is 1.76. The average molecular weight is 346 g/mol. The van der Waals surface area contributed by atoms with Gasteiger partial charge in [-0.15, -0.1) is 0 Å². The van der Waals surface area contributed by atoms with Gasteiger partial charge in [0.25, 0.3) is 0 Å². The summed E-state index contributed by atoms with van der Waals surface area (Å²) in [6.45, 7) is 5.03. The normalized spacial score (nSPS) is 14.9. The van der Waals surface area contributed by atoms with Crippen molar-refractivity contribution in [3.63, 3.8) is 0 Å². The van der Waals surface area contributed by atoms with E-state index in [-0.39, 0.29) is 24.3 Å². The number of hydrogen-bond acceptors (Lipinski definition) is 4. The summed E-state index contributed by atoms with van der Waals surface area (Å²) in [6, 6.07) is 7.82. The second-order valence-corrected chi connectivity index (χ2v) is 6.48. The van der Waals surface area contributed by atoms with Gasteiger partial charge in [-0.3, -0.25) is 14.4 Å². The molecule has 0 spiro atoms. The third kappa shape index (κ3) is 5.05. The first-order valence-corrected chi connectivity index (χ1v) is 8.58. The maximum atomic E-state index is 13.0. The van der Waals surface area contributed by atoms with Crippen molar-refractivity contribution in [2.24, 2.45) is 5.92 Å². The van der Waals surface area contributed by atoms with E-state index in [4.69, 9.17) is 4.74 Å². The van der Waals surface area contributed by atoms with Gasteiger partial charge in [0.05, 0.1) is 7.11 Å². The molecule has 2 amide bonds. The monoisotopic (exact) mass is 346 g/mol. The zero-order chi connectivity index (χ0) is 18.4. The molecule has 2 rings (SSSR count). The summed E-state index contributed by atoms with van der Waals surface area (Å²) in [4.78, 5) is 39.5. The fourth-order valence-corrected chi connectivity index (χ4v) is 3.12. The minimum atomic E-state index is -0.428. The van der Waals surface area contributed by atoms with Crippen molar-refractivity contribution in [1.82, 2.24) is 9.80 Å². The molecule has 0 aliphatic carbocycles. The Kier molecular flexibility index (Phi) is 6.56. The minimum Gasteiger partial charge on any atom is -0.468 e. The average Bonchev–Trinajstić information content (AvgIpc) is 2.62. The van der Waals surface area contributed by atoms with E-state index in [0.717, 1.165) is 11.1 Å². The molecule has 0 saturated carbocycles. The van der Waals surface area contributed by atoms with Crippen LogP contribution in [0.1, 0.15) is 30.9 Å². The largest absolute Gasteiger partial charge is 0.468 e. The van der Waals surface area contributed by atoms with Crippen molar-refractivity contribution in [3.8, 4) is 0 Å². The lowest BCUT2D eigenvalue weighted by Crippen LogP contribution is -2.45. The highest BCUT2D eigenvalue weighted by atomic mass is 16.5. The topological polar surface area (TPSA) is 66.9 Å². The van der Waals surface area contributed by atoms with Crippen LogP contribution in [0.15, 0.2) is 24.3 Å². The van der Waals surface area contributed by atoms with Gasteiger partial charge in [0.2, 0.25) is 11.8 Å². The molecule has 0 atom stereocenters. The number of piperidine rings is 1. The van der Waals surface area contributed by atoms with E-state index in [0.29, 0.717) is 32.5 Å². The van der Waals surface area contributed by atoms with Gasteiger partial charge in [0.15, 0.2) is 0 Å². The van der Waals surface area contributed by atoms with E-state index >= 15 is 0 Å². The van der Waals surface area contributed by atoms with Crippen LogP contribution >= 0.6 is 0 Å². The lowest BCUT2D eigenvalue weighted by Gasteiger charge is -2.33. The SMILES string of the molecule is COC(=O)CN(Cc1ccccc1C)C(=O)C1CCN(C(C)=O)CC1. The van der Waals surface area contributed by atoms with E-state index in [1.165, 1.54) is 7.11 Å². The number of ether oxygens (including phenoxy) is 1. The van der Waals surface area contributed by atoms with Crippen molar-refractivity contribution in [2.45, 2.75) is 33.2 Å². The van der Waals surface area contributed by atoms with Crippen LogP contribution in [0.5, 0.6) is 0 Å². The van der Waals surface area contributed by atoms with Crippen molar-refractivity contribution in [1.29, 1.82) is 0 Å². The summed E-state index contributed by atoms with van der Waals surface area (Å²) >= 11 is 0. The van der Waals surface area contributed by atoms with Gasteiger partial charge in [-0.05, 0) is 30.9 Å². The van der Waals surface area contributed by atoms with Crippen molar-refractivity contribution in [2.75, 3.05) is 26.7 Å². The van der Waals surface area contributed by atoms with Gasteiger partial charge in [-0.2, -0.15) is 0 Å². The second kappa shape index (κ2) is 8.65. The van der Waals surface area contributed by atoms with Crippen molar-refractivity contribution < 1.29 is 19.1 Å². The number of hydrogen-bond donors (Lipinski definition) is 0. The number of benzene rings is 1. The molecule has 136 valence electrons. The lowest BCUT2D eigenvalue weighted by atomic mass is 9.94. The Bertz CT molecular complexity index is 636. The third-order valence-corrected chi connectivity index (χ3v) is 4.77. The fourth-order valence-electron chi connectivity index (χ4n) is 3.12. The second-order valence-electron chi connectivity index (χ2n) is 6.48. The van der Waals surface area contributed by atoms with E-state index in [1.807, 2.05) is 31.2 Å². The van der Waals surface area contributed by atoms with Gasteiger partial charge < -0.3 is 14.5 Å². The molecule has 0 bridgehead atoms. The summed E-state index contributed by atoms with van der Waals surface area (Å²) in [7, 11) is 1.32. The van der Waals surface area contributed by atoms with Crippen LogP contribution in [-0.4, -0.2) is 54.3 Å². The van der Waals surface area contributed by atoms with Crippen LogP contribution in [0, 0.1) is 12.8 Å². The fraction of sp³-hybridized carbons (Fsp3) is 0.526. The summed E-state index contributed by atoms with van der Waals surface area (Å²) < 4.78 is 4.75. The third-order valence-electron chi connectivity index (χ3n) is 4.77. The molecule has 1 heterocycles. The first-order chi connectivity index (χ1) is 11.9. The Hall–Kier alpha value is -2.37. The van der Waals surface area contributed by atoms with Crippen LogP contribution in [-0.2, 0) is 25.7 Å². The van der Waals surface area contributed by atoms with E-state index in [1.54, 1.807) is 16.7 Å². The molecule has 1 aliphatic rings. The lowest BCUT2D eigenvalue weighted by molar-refractivity contribution is -0.150. The summed E-state index contributed by atoms with van der Waals surface area (Å²) in [5, 5.41) is 0. The van der Waals surface area contributed by atoms with Crippen LogP contribution < -0.4 is 0 Å². The number of carbonyl (C=O) groups excluding carboxylic acids is 3. The number of carbonyl (C=O) groups is 3. The summed E-state index contributed by atoms with van der Waals surface area (Å²) in [6.07, 6.45) is 1.26. The molecule has 25 heavy (non-hydrogen) atoms.